The Balaban J connectivity index is 0.986. The molecule has 1 aromatic carbocycles. The molecule has 0 N–H and O–H groups in total. The lowest BCUT2D eigenvalue weighted by molar-refractivity contribution is -0.142. The van der Waals surface area contributed by atoms with Gasteiger partial charge < -0.3 is 4.90 Å². The van der Waals surface area contributed by atoms with E-state index in [1.807, 2.05) is 0 Å². The van der Waals surface area contributed by atoms with Crippen LogP contribution in [-0.4, -0.2) is 65.3 Å². The first-order chi connectivity index (χ1) is 17.2. The van der Waals surface area contributed by atoms with Crippen molar-refractivity contribution >= 4 is 39.3 Å². The Bertz CT molecular complexity index is 1100. The Morgan fingerprint density at radius 3 is 2.20 bits per heavy atom. The Morgan fingerprint density at radius 2 is 1.49 bits per heavy atom. The number of carbonyl (C=O) groups is 2. The highest BCUT2D eigenvalue weighted by molar-refractivity contribution is 7.13. The van der Waals surface area contributed by atoms with Gasteiger partial charge in [-0.3, -0.25) is 19.4 Å². The molecule has 7 rings (SSSR count). The van der Waals surface area contributed by atoms with Gasteiger partial charge in [0.2, 0.25) is 11.8 Å². The predicted octanol–water partition coefficient (Wildman–Crippen LogP) is 4.26. The van der Waals surface area contributed by atoms with Crippen molar-refractivity contribution in [2.75, 3.05) is 44.2 Å². The van der Waals surface area contributed by atoms with Crippen molar-refractivity contribution in [3.05, 3.63) is 24.3 Å². The van der Waals surface area contributed by atoms with Gasteiger partial charge >= 0.3 is 0 Å². The zero-order chi connectivity index (χ0) is 23.5. The Morgan fingerprint density at radius 1 is 0.829 bits per heavy atom. The molecule has 2 saturated heterocycles. The van der Waals surface area contributed by atoms with E-state index in [9.17, 15) is 9.59 Å². The summed E-state index contributed by atoms with van der Waals surface area (Å²) in [6.07, 6.45) is 8.35. The van der Waals surface area contributed by atoms with Crippen molar-refractivity contribution in [2.24, 2.45) is 35.5 Å². The second kappa shape index (κ2) is 8.84. The lowest BCUT2D eigenvalue weighted by atomic mass is 9.78. The van der Waals surface area contributed by atoms with Crippen molar-refractivity contribution in [1.29, 1.82) is 0 Å². The number of piperazine rings is 1. The minimum absolute atomic E-state index is 0.0261. The molecule has 2 amide bonds. The zero-order valence-corrected chi connectivity index (χ0v) is 21.3. The van der Waals surface area contributed by atoms with Crippen molar-refractivity contribution in [1.82, 2.24) is 14.2 Å². The Kier molecular flexibility index (Phi) is 5.61. The van der Waals surface area contributed by atoms with Crippen LogP contribution in [0.25, 0.3) is 10.1 Å². The summed E-state index contributed by atoms with van der Waals surface area (Å²) >= 11 is 1.60. The van der Waals surface area contributed by atoms with E-state index in [0.29, 0.717) is 30.2 Å². The molecule has 5 fully saturated rings. The smallest absolute Gasteiger partial charge is 0.233 e. The summed E-state index contributed by atoms with van der Waals surface area (Å²) in [5, 5.41) is 1.27. The molecule has 2 aliphatic heterocycles. The fourth-order valence-corrected chi connectivity index (χ4v) is 9.02. The van der Waals surface area contributed by atoms with Gasteiger partial charge in [0.15, 0.2) is 0 Å². The highest BCUT2D eigenvalue weighted by atomic mass is 32.1. The van der Waals surface area contributed by atoms with Crippen molar-refractivity contribution in [3.63, 3.8) is 0 Å². The van der Waals surface area contributed by atoms with Crippen LogP contribution >= 0.6 is 11.5 Å². The van der Waals surface area contributed by atoms with Gasteiger partial charge in [0.05, 0.1) is 16.5 Å². The third-order valence-corrected chi connectivity index (χ3v) is 10.8. The van der Waals surface area contributed by atoms with Crippen molar-refractivity contribution < 1.29 is 9.59 Å². The summed E-state index contributed by atoms with van der Waals surface area (Å²) in [5.74, 6) is 3.59. The maximum absolute atomic E-state index is 13.3. The molecule has 6 atom stereocenters. The van der Waals surface area contributed by atoms with Crippen LogP contribution in [0.5, 0.6) is 0 Å². The number of aromatic nitrogens is 1. The highest BCUT2D eigenvalue weighted by Crippen LogP contribution is 2.56. The number of nitrogens with zero attached hydrogens (tertiary/aromatic N) is 4. The molecule has 0 spiro atoms. The van der Waals surface area contributed by atoms with Gasteiger partial charge in [-0.1, -0.05) is 25.0 Å². The number of likely N-dealkylation sites (tertiary alicyclic amines) is 1. The van der Waals surface area contributed by atoms with Crippen molar-refractivity contribution in [3.8, 4) is 0 Å². The van der Waals surface area contributed by atoms with Gasteiger partial charge in [0.25, 0.3) is 0 Å². The average molecular weight is 493 g/mol. The lowest BCUT2D eigenvalue weighted by Gasteiger charge is -2.40. The van der Waals surface area contributed by atoms with Gasteiger partial charge in [-0.2, -0.15) is 4.37 Å². The van der Waals surface area contributed by atoms with Gasteiger partial charge in [0.1, 0.15) is 5.82 Å². The molecule has 7 heteroatoms. The number of hydrogen-bond acceptors (Lipinski definition) is 6. The van der Waals surface area contributed by atoms with Crippen LogP contribution in [0, 0.1) is 35.5 Å². The fourth-order valence-electron chi connectivity index (χ4n) is 8.22. The first-order valence-corrected chi connectivity index (χ1v) is 14.6. The molecular formula is C28H36N4O2S. The number of imide groups is 1. The van der Waals surface area contributed by atoms with Crippen LogP contribution in [0.4, 0.5) is 5.82 Å². The molecule has 0 radical (unpaired) electrons. The van der Waals surface area contributed by atoms with Crippen LogP contribution in [0.2, 0.25) is 0 Å². The summed E-state index contributed by atoms with van der Waals surface area (Å²) in [7, 11) is 0. The molecule has 3 heterocycles. The van der Waals surface area contributed by atoms with E-state index in [4.69, 9.17) is 4.37 Å². The second-order valence-electron chi connectivity index (χ2n) is 11.8. The molecule has 3 saturated carbocycles. The molecule has 5 aliphatic rings. The largest absolute Gasteiger partial charge is 0.353 e. The summed E-state index contributed by atoms with van der Waals surface area (Å²) in [6.45, 7) is 5.93. The minimum atomic E-state index is 0.0261. The Labute approximate surface area is 211 Å². The number of benzene rings is 1. The molecule has 0 unspecified atom stereocenters. The monoisotopic (exact) mass is 492 g/mol. The van der Waals surface area contributed by atoms with E-state index >= 15 is 0 Å². The number of rotatable bonds is 5. The van der Waals surface area contributed by atoms with E-state index in [1.54, 1.807) is 16.4 Å². The summed E-state index contributed by atoms with van der Waals surface area (Å²) in [6, 6.07) is 8.54. The predicted molar refractivity (Wildman–Crippen MR) is 138 cm³/mol. The van der Waals surface area contributed by atoms with E-state index in [0.717, 1.165) is 64.2 Å². The van der Waals surface area contributed by atoms with Gasteiger partial charge in [-0.15, -0.1) is 0 Å². The Hall–Kier alpha value is -1.99. The lowest BCUT2D eigenvalue weighted by Crippen LogP contribution is -2.49. The summed E-state index contributed by atoms with van der Waals surface area (Å²) in [4.78, 5) is 33.4. The topological polar surface area (TPSA) is 56.8 Å². The van der Waals surface area contributed by atoms with E-state index < -0.39 is 0 Å². The van der Waals surface area contributed by atoms with Gasteiger partial charge in [0, 0.05) is 44.7 Å². The zero-order valence-electron chi connectivity index (χ0n) is 20.5. The van der Waals surface area contributed by atoms with Crippen LogP contribution in [0.3, 0.4) is 0 Å². The maximum Gasteiger partial charge on any atom is 0.233 e. The number of anilines is 1. The van der Waals surface area contributed by atoms with Crippen molar-refractivity contribution in [2.45, 2.75) is 44.9 Å². The SMILES string of the molecule is O=C1[C@@H]2[C@@H]3CC[C@H](C3)[C@@H]2C(=O)N1C[C@@H]1CCCC[C@H]1CN1CCN(c2nsc3ccccc23)CC1. The summed E-state index contributed by atoms with van der Waals surface area (Å²) < 4.78 is 6.02. The average Bonchev–Trinajstić information content (AvgIpc) is 3.66. The molecular weight excluding hydrogens is 456 g/mol. The summed E-state index contributed by atoms with van der Waals surface area (Å²) in [5.41, 5.74) is 0. The number of fused-ring (bicyclic) bond motifs is 6. The second-order valence-corrected chi connectivity index (χ2v) is 12.6. The molecule has 35 heavy (non-hydrogen) atoms. The number of carbonyl (C=O) groups excluding carboxylic acids is 2. The van der Waals surface area contributed by atoms with E-state index in [1.165, 1.54) is 29.3 Å². The third kappa shape index (κ3) is 3.72. The highest BCUT2D eigenvalue weighted by Gasteiger charge is 2.61. The molecule has 6 nitrogen and oxygen atoms in total. The van der Waals surface area contributed by atoms with E-state index in [-0.39, 0.29) is 23.7 Å². The first-order valence-electron chi connectivity index (χ1n) is 13.8. The minimum Gasteiger partial charge on any atom is -0.353 e. The quantitative estimate of drug-likeness (QED) is 0.584. The van der Waals surface area contributed by atoms with Gasteiger partial charge in [-0.05, 0) is 79.4 Å². The van der Waals surface area contributed by atoms with E-state index in [2.05, 4.69) is 34.1 Å². The van der Waals surface area contributed by atoms with Crippen LogP contribution in [0.15, 0.2) is 24.3 Å². The molecule has 2 aromatic rings. The maximum atomic E-state index is 13.3. The first kappa shape index (κ1) is 22.2. The molecule has 3 aliphatic carbocycles. The molecule has 1 aromatic heterocycles. The van der Waals surface area contributed by atoms with Crippen LogP contribution in [0.1, 0.15) is 44.9 Å². The molecule has 186 valence electrons. The molecule has 2 bridgehead atoms. The van der Waals surface area contributed by atoms with Gasteiger partial charge in [-0.25, -0.2) is 0 Å². The normalized spacial score (nSPS) is 35.4. The fraction of sp³-hybridized carbons (Fsp3) is 0.679. The van der Waals surface area contributed by atoms with Crippen LogP contribution < -0.4 is 4.90 Å². The number of amides is 2. The standard InChI is InChI=1S/C28H36N4O2S/c33-27-24-18-9-10-19(15-18)25(24)28(34)32(27)17-21-6-2-1-5-20(21)16-30-11-13-31(14-12-30)26-22-7-3-4-8-23(22)35-29-26/h3-4,7-8,18-21,24-25H,1-2,5-6,9-17H2/t18-,19-,20+,21+,24-,25+/m1/s1. The number of hydrogen-bond donors (Lipinski definition) is 0. The van der Waals surface area contributed by atoms with Crippen LogP contribution in [-0.2, 0) is 9.59 Å². The third-order valence-electron chi connectivity index (χ3n) is 10.0.